The lowest BCUT2D eigenvalue weighted by Gasteiger charge is -2.08. The van der Waals surface area contributed by atoms with Gasteiger partial charge in [-0.2, -0.15) is 0 Å². The number of benzene rings is 1. The van der Waals surface area contributed by atoms with Gasteiger partial charge in [-0.15, -0.1) is 11.3 Å². The van der Waals surface area contributed by atoms with Gasteiger partial charge in [0.1, 0.15) is 0 Å². The van der Waals surface area contributed by atoms with Crippen LogP contribution in [0.2, 0.25) is 0 Å². The maximum Gasteiger partial charge on any atom is 0.0897 e. The van der Waals surface area contributed by atoms with Crippen LogP contribution in [0.15, 0.2) is 55.0 Å². The van der Waals surface area contributed by atoms with Crippen LogP contribution in [0.5, 0.6) is 0 Å². The number of thiazole rings is 1. The van der Waals surface area contributed by atoms with Crippen molar-refractivity contribution in [3.05, 3.63) is 64.9 Å². The highest BCUT2D eigenvalue weighted by molar-refractivity contribution is 7.11. The first-order chi connectivity index (χ1) is 9.31. The summed E-state index contributed by atoms with van der Waals surface area (Å²) in [6.07, 6.45) is 6.03. The highest BCUT2D eigenvalue weighted by atomic mass is 32.1. The van der Waals surface area contributed by atoms with Crippen LogP contribution in [0.4, 0.5) is 5.69 Å². The lowest BCUT2D eigenvalue weighted by atomic mass is 10.2. The summed E-state index contributed by atoms with van der Waals surface area (Å²) < 4.78 is 2.10. The third-order valence-corrected chi connectivity index (χ3v) is 3.80. The summed E-state index contributed by atoms with van der Waals surface area (Å²) in [5, 5.41) is 4.54. The number of hydrogen-bond acceptors (Lipinski definition) is 3. The fourth-order valence-electron chi connectivity index (χ4n) is 1.96. The monoisotopic (exact) mass is 269 g/mol. The minimum absolute atomic E-state index is 0.820. The summed E-state index contributed by atoms with van der Waals surface area (Å²) in [5.41, 5.74) is 2.28. The zero-order valence-electron chi connectivity index (χ0n) is 10.7. The Morgan fingerprint density at radius 2 is 2.05 bits per heavy atom. The van der Waals surface area contributed by atoms with Crippen molar-refractivity contribution in [3.63, 3.8) is 0 Å². The van der Waals surface area contributed by atoms with Crippen molar-refractivity contribution >= 4 is 17.0 Å². The zero-order valence-corrected chi connectivity index (χ0v) is 11.5. The van der Waals surface area contributed by atoms with E-state index < -0.39 is 0 Å². The van der Waals surface area contributed by atoms with E-state index in [1.54, 1.807) is 11.3 Å². The zero-order chi connectivity index (χ0) is 13.1. The van der Waals surface area contributed by atoms with Gasteiger partial charge in [-0.1, -0.05) is 6.07 Å². The molecular weight excluding hydrogens is 254 g/mol. The molecule has 0 aliphatic carbocycles. The summed E-state index contributed by atoms with van der Waals surface area (Å²) >= 11 is 1.73. The van der Waals surface area contributed by atoms with Crippen molar-refractivity contribution in [1.29, 1.82) is 0 Å². The number of nitrogens with one attached hydrogen (secondary N) is 1. The molecule has 19 heavy (non-hydrogen) atoms. The summed E-state index contributed by atoms with van der Waals surface area (Å²) in [5.74, 6) is 0. The number of hydrogen-bond donors (Lipinski definition) is 1. The van der Waals surface area contributed by atoms with Crippen LogP contribution in [-0.4, -0.2) is 9.55 Å². The number of rotatable bonds is 4. The van der Waals surface area contributed by atoms with E-state index in [1.807, 2.05) is 37.6 Å². The lowest BCUT2D eigenvalue weighted by Crippen LogP contribution is -1.98. The molecule has 0 radical (unpaired) electrons. The van der Waals surface area contributed by atoms with Crippen LogP contribution >= 0.6 is 11.3 Å². The van der Waals surface area contributed by atoms with Crippen molar-refractivity contribution in [2.24, 2.45) is 0 Å². The lowest BCUT2D eigenvalue weighted by molar-refractivity contribution is 1.08. The van der Waals surface area contributed by atoms with E-state index >= 15 is 0 Å². The second-order valence-corrected chi connectivity index (χ2v) is 5.66. The molecule has 1 aromatic carbocycles. The van der Waals surface area contributed by atoms with E-state index in [-0.39, 0.29) is 0 Å². The molecule has 0 aliphatic rings. The highest BCUT2D eigenvalue weighted by Crippen LogP contribution is 2.17. The summed E-state index contributed by atoms with van der Waals surface area (Å²) in [4.78, 5) is 5.52. The first-order valence-corrected chi connectivity index (χ1v) is 7.01. The quantitative estimate of drug-likeness (QED) is 0.779. The van der Waals surface area contributed by atoms with Crippen LogP contribution in [0.25, 0.3) is 5.69 Å². The molecule has 0 unspecified atom stereocenters. The van der Waals surface area contributed by atoms with Crippen molar-refractivity contribution in [2.45, 2.75) is 13.5 Å². The maximum absolute atomic E-state index is 4.26. The largest absolute Gasteiger partial charge is 0.380 e. The Hall–Kier alpha value is -2.07. The van der Waals surface area contributed by atoms with Crippen LogP contribution in [0.1, 0.15) is 9.88 Å². The van der Waals surface area contributed by atoms with Gasteiger partial charge in [0.05, 0.1) is 11.6 Å². The Balaban J connectivity index is 1.73. The van der Waals surface area contributed by atoms with E-state index in [1.165, 1.54) is 4.88 Å². The molecule has 3 aromatic rings. The van der Waals surface area contributed by atoms with Crippen molar-refractivity contribution in [1.82, 2.24) is 9.55 Å². The Morgan fingerprint density at radius 1 is 1.21 bits per heavy atom. The molecule has 0 saturated heterocycles. The van der Waals surface area contributed by atoms with Gasteiger partial charge >= 0.3 is 0 Å². The van der Waals surface area contributed by atoms with E-state index in [2.05, 4.69) is 39.1 Å². The van der Waals surface area contributed by atoms with Crippen LogP contribution in [-0.2, 0) is 6.54 Å². The molecule has 0 amide bonds. The van der Waals surface area contributed by atoms with Gasteiger partial charge in [-0.05, 0) is 37.3 Å². The molecule has 4 heteroatoms. The average Bonchev–Trinajstić information content (AvgIpc) is 3.08. The molecule has 0 bridgehead atoms. The van der Waals surface area contributed by atoms with Crippen LogP contribution < -0.4 is 5.32 Å². The second-order valence-electron chi connectivity index (χ2n) is 4.34. The van der Waals surface area contributed by atoms with Gasteiger partial charge in [0.2, 0.25) is 0 Å². The molecule has 0 atom stereocenters. The molecule has 3 rings (SSSR count). The summed E-state index contributed by atoms with van der Waals surface area (Å²) in [6.45, 7) is 2.85. The van der Waals surface area contributed by atoms with Crippen molar-refractivity contribution in [3.8, 4) is 5.69 Å². The van der Waals surface area contributed by atoms with Gasteiger partial charge in [-0.25, -0.2) is 4.98 Å². The first-order valence-electron chi connectivity index (χ1n) is 6.20. The Morgan fingerprint density at radius 3 is 2.79 bits per heavy atom. The third-order valence-electron chi connectivity index (χ3n) is 2.88. The first kappa shape index (κ1) is 12.0. The van der Waals surface area contributed by atoms with E-state index in [0.29, 0.717) is 0 Å². The predicted molar refractivity (Wildman–Crippen MR) is 79.9 cm³/mol. The second kappa shape index (κ2) is 5.28. The van der Waals surface area contributed by atoms with Gasteiger partial charge in [0, 0.05) is 34.8 Å². The molecule has 0 aliphatic heterocycles. The Bertz CT molecular complexity index is 656. The van der Waals surface area contributed by atoms with E-state index in [9.17, 15) is 0 Å². The Labute approximate surface area is 116 Å². The fraction of sp³-hybridized carbons (Fsp3) is 0.133. The minimum Gasteiger partial charge on any atom is -0.380 e. The van der Waals surface area contributed by atoms with Crippen LogP contribution in [0.3, 0.4) is 0 Å². The van der Waals surface area contributed by atoms with Crippen LogP contribution in [0, 0.1) is 6.92 Å². The van der Waals surface area contributed by atoms with Gasteiger partial charge in [0.25, 0.3) is 0 Å². The van der Waals surface area contributed by atoms with Crippen molar-refractivity contribution < 1.29 is 0 Å². The van der Waals surface area contributed by atoms with Gasteiger partial charge < -0.3 is 9.88 Å². The molecular formula is C15H15N3S. The van der Waals surface area contributed by atoms with E-state index in [0.717, 1.165) is 22.9 Å². The summed E-state index contributed by atoms with van der Waals surface area (Å²) in [7, 11) is 0. The predicted octanol–water partition coefficient (Wildman–Crippen LogP) is 3.85. The third kappa shape index (κ3) is 2.85. The molecule has 2 aromatic heterocycles. The number of anilines is 1. The molecule has 96 valence electrons. The fourth-order valence-corrected chi connectivity index (χ4v) is 2.69. The number of nitrogens with zero attached hydrogens (tertiary/aromatic N) is 2. The number of aryl methyl sites for hydroxylation is 1. The Kier molecular flexibility index (Phi) is 3.33. The van der Waals surface area contributed by atoms with Crippen molar-refractivity contribution in [2.75, 3.05) is 5.32 Å². The molecule has 0 saturated carbocycles. The standard InChI is InChI=1S/C15H15N3S/c1-12-16-10-15(19-12)11-17-13-5-4-6-14(9-13)18-7-2-3-8-18/h2-10,17H,11H2,1H3. The molecule has 1 N–H and O–H groups in total. The SMILES string of the molecule is Cc1ncc(CNc2cccc(-n3cccc3)c2)s1. The van der Waals surface area contributed by atoms with Gasteiger partial charge in [-0.3, -0.25) is 0 Å². The normalized spacial score (nSPS) is 10.6. The molecule has 2 heterocycles. The molecule has 3 nitrogen and oxygen atoms in total. The molecule has 0 spiro atoms. The summed E-state index contributed by atoms with van der Waals surface area (Å²) in [6, 6.07) is 12.5. The van der Waals surface area contributed by atoms with E-state index in [4.69, 9.17) is 0 Å². The average molecular weight is 269 g/mol. The smallest absolute Gasteiger partial charge is 0.0897 e. The topological polar surface area (TPSA) is 29.9 Å². The number of aromatic nitrogens is 2. The highest BCUT2D eigenvalue weighted by Gasteiger charge is 2.00. The molecule has 0 fully saturated rings. The maximum atomic E-state index is 4.26. The minimum atomic E-state index is 0.820. The van der Waals surface area contributed by atoms with Gasteiger partial charge in [0.15, 0.2) is 0 Å².